The fourth-order valence-corrected chi connectivity index (χ4v) is 2.37. The summed E-state index contributed by atoms with van der Waals surface area (Å²) in [5, 5.41) is 9.47. The number of carboxylic acid groups (broad SMARTS) is 1. The smallest absolute Gasteiger partial charge is 0.310 e. The van der Waals surface area contributed by atoms with Crippen LogP contribution in [-0.4, -0.2) is 48.2 Å². The third kappa shape index (κ3) is 5.30. The molecule has 0 aromatic rings. The van der Waals surface area contributed by atoms with Crippen molar-refractivity contribution >= 4 is 11.9 Å². The maximum Gasteiger partial charge on any atom is 0.310 e. The third-order valence-electron chi connectivity index (χ3n) is 4.52. The summed E-state index contributed by atoms with van der Waals surface area (Å²) in [6.45, 7) is 10.4. The van der Waals surface area contributed by atoms with Crippen LogP contribution in [0.25, 0.3) is 0 Å². The summed E-state index contributed by atoms with van der Waals surface area (Å²) in [4.78, 5) is 26.0. The number of hydrogen-bond donors (Lipinski definition) is 1. The molecular weight excluding hydrogens is 270 g/mol. The lowest BCUT2D eigenvalue weighted by atomic mass is 9.76. The Balaban J connectivity index is 5.14. The molecule has 0 aromatic carbocycles. The minimum absolute atomic E-state index is 0.0280. The summed E-state index contributed by atoms with van der Waals surface area (Å²) < 4.78 is 5.08. The first-order valence-corrected chi connectivity index (χ1v) is 7.76. The van der Waals surface area contributed by atoms with E-state index in [4.69, 9.17) is 4.74 Å². The molecule has 124 valence electrons. The molecule has 0 saturated carbocycles. The van der Waals surface area contributed by atoms with Gasteiger partial charge in [-0.05, 0) is 25.7 Å². The monoisotopic (exact) mass is 301 g/mol. The number of carbonyl (C=O) groups excluding carboxylic acids is 1. The first-order valence-electron chi connectivity index (χ1n) is 7.76. The summed E-state index contributed by atoms with van der Waals surface area (Å²) in [7, 11) is 1.60. The van der Waals surface area contributed by atoms with Gasteiger partial charge in [-0.25, -0.2) is 0 Å². The van der Waals surface area contributed by atoms with Gasteiger partial charge in [-0.1, -0.05) is 27.7 Å². The molecule has 0 saturated heterocycles. The van der Waals surface area contributed by atoms with Gasteiger partial charge in [0.15, 0.2) is 0 Å². The molecule has 0 rings (SSSR count). The molecule has 1 unspecified atom stereocenters. The van der Waals surface area contributed by atoms with Crippen LogP contribution < -0.4 is 0 Å². The summed E-state index contributed by atoms with van der Waals surface area (Å²) in [6.07, 6.45) is 1.75. The SMILES string of the molecule is CCC(CC)N(CCOC)C(=O)CC(C)(C(=O)O)C(C)C. The molecule has 0 heterocycles. The van der Waals surface area contributed by atoms with Gasteiger partial charge in [-0.15, -0.1) is 0 Å². The number of carboxylic acids is 1. The van der Waals surface area contributed by atoms with E-state index in [0.29, 0.717) is 13.2 Å². The number of ether oxygens (including phenoxy) is 1. The molecular formula is C16H31NO4. The van der Waals surface area contributed by atoms with E-state index < -0.39 is 11.4 Å². The molecule has 5 heteroatoms. The molecule has 1 amide bonds. The molecule has 0 spiro atoms. The van der Waals surface area contributed by atoms with Crippen LogP contribution in [0.3, 0.4) is 0 Å². The molecule has 0 aromatic heterocycles. The molecule has 0 radical (unpaired) electrons. The molecule has 0 aliphatic heterocycles. The van der Waals surface area contributed by atoms with E-state index in [1.54, 1.807) is 18.9 Å². The highest BCUT2D eigenvalue weighted by atomic mass is 16.5. The molecule has 0 fully saturated rings. The first-order chi connectivity index (χ1) is 9.74. The van der Waals surface area contributed by atoms with Crippen molar-refractivity contribution < 1.29 is 19.4 Å². The first kappa shape index (κ1) is 19.9. The minimum Gasteiger partial charge on any atom is -0.481 e. The Hall–Kier alpha value is -1.10. The predicted molar refractivity (Wildman–Crippen MR) is 83.2 cm³/mol. The third-order valence-corrected chi connectivity index (χ3v) is 4.52. The average Bonchev–Trinajstić information content (AvgIpc) is 2.42. The van der Waals surface area contributed by atoms with Crippen molar-refractivity contribution in [2.75, 3.05) is 20.3 Å². The Kier molecular flexibility index (Phi) is 8.55. The van der Waals surface area contributed by atoms with Crippen molar-refractivity contribution in [3.63, 3.8) is 0 Å². The van der Waals surface area contributed by atoms with E-state index in [1.807, 2.05) is 27.7 Å². The Morgan fingerprint density at radius 1 is 1.24 bits per heavy atom. The Morgan fingerprint density at radius 2 is 1.76 bits per heavy atom. The van der Waals surface area contributed by atoms with Gasteiger partial charge < -0.3 is 14.7 Å². The lowest BCUT2D eigenvalue weighted by Crippen LogP contribution is -2.46. The molecule has 5 nitrogen and oxygen atoms in total. The lowest BCUT2D eigenvalue weighted by molar-refractivity contribution is -0.156. The van der Waals surface area contributed by atoms with E-state index in [2.05, 4.69) is 0 Å². The highest BCUT2D eigenvalue weighted by molar-refractivity contribution is 5.85. The quantitative estimate of drug-likeness (QED) is 0.674. The van der Waals surface area contributed by atoms with Gasteiger partial charge in [0.1, 0.15) is 0 Å². The van der Waals surface area contributed by atoms with E-state index in [0.717, 1.165) is 12.8 Å². The van der Waals surface area contributed by atoms with Crippen molar-refractivity contribution in [1.29, 1.82) is 0 Å². The van der Waals surface area contributed by atoms with Crippen LogP contribution in [0.5, 0.6) is 0 Å². The zero-order chi connectivity index (χ0) is 16.6. The number of amides is 1. The molecule has 21 heavy (non-hydrogen) atoms. The average molecular weight is 301 g/mol. The summed E-state index contributed by atoms with van der Waals surface area (Å²) in [6, 6.07) is 0.137. The van der Waals surface area contributed by atoms with Crippen LogP contribution in [0.1, 0.15) is 53.9 Å². The summed E-state index contributed by atoms with van der Waals surface area (Å²) in [5.41, 5.74) is -1.03. The Morgan fingerprint density at radius 3 is 2.10 bits per heavy atom. The highest BCUT2D eigenvalue weighted by Gasteiger charge is 2.40. The van der Waals surface area contributed by atoms with Gasteiger partial charge in [0, 0.05) is 26.1 Å². The minimum atomic E-state index is -1.03. The van der Waals surface area contributed by atoms with Gasteiger partial charge in [0.25, 0.3) is 0 Å². The summed E-state index contributed by atoms with van der Waals surface area (Å²) in [5.74, 6) is -1.12. The second-order valence-electron chi connectivity index (χ2n) is 6.10. The van der Waals surface area contributed by atoms with Gasteiger partial charge in [-0.2, -0.15) is 0 Å². The molecule has 1 N–H and O–H groups in total. The zero-order valence-corrected chi connectivity index (χ0v) is 14.3. The van der Waals surface area contributed by atoms with Crippen LogP contribution in [-0.2, 0) is 14.3 Å². The van der Waals surface area contributed by atoms with Crippen LogP contribution in [0.15, 0.2) is 0 Å². The van der Waals surface area contributed by atoms with Crippen molar-refractivity contribution in [3.8, 4) is 0 Å². The van der Waals surface area contributed by atoms with Gasteiger partial charge in [0.2, 0.25) is 5.91 Å². The molecule has 0 aliphatic rings. The number of rotatable bonds is 10. The standard InChI is InChI=1S/C16H31NO4/c1-7-13(8-2)17(9-10-21-6)14(18)11-16(5,12(3)4)15(19)20/h12-13H,7-11H2,1-6H3,(H,19,20). The second-order valence-corrected chi connectivity index (χ2v) is 6.10. The summed E-state index contributed by atoms with van der Waals surface area (Å²) >= 11 is 0. The second kappa shape index (κ2) is 9.03. The van der Waals surface area contributed by atoms with Crippen LogP contribution >= 0.6 is 0 Å². The lowest BCUT2D eigenvalue weighted by Gasteiger charge is -2.35. The molecule has 0 aliphatic carbocycles. The van der Waals surface area contributed by atoms with Crippen molar-refractivity contribution in [3.05, 3.63) is 0 Å². The Bertz CT molecular complexity index is 339. The molecule has 1 atom stereocenters. The fourth-order valence-electron chi connectivity index (χ4n) is 2.37. The topological polar surface area (TPSA) is 66.8 Å². The van der Waals surface area contributed by atoms with Crippen molar-refractivity contribution in [2.24, 2.45) is 11.3 Å². The highest BCUT2D eigenvalue weighted by Crippen LogP contribution is 2.32. The molecule has 0 bridgehead atoms. The van der Waals surface area contributed by atoms with Crippen LogP contribution in [0.2, 0.25) is 0 Å². The number of methoxy groups -OCH3 is 1. The maximum atomic E-state index is 12.6. The number of hydrogen-bond acceptors (Lipinski definition) is 3. The van der Waals surface area contributed by atoms with Gasteiger partial charge >= 0.3 is 5.97 Å². The van der Waals surface area contributed by atoms with Crippen LogP contribution in [0.4, 0.5) is 0 Å². The van der Waals surface area contributed by atoms with E-state index in [1.165, 1.54) is 0 Å². The maximum absolute atomic E-state index is 12.6. The predicted octanol–water partition coefficient (Wildman–Crippen LogP) is 2.79. The van der Waals surface area contributed by atoms with Crippen molar-refractivity contribution in [1.82, 2.24) is 4.90 Å². The normalized spacial score (nSPS) is 14.3. The van der Waals surface area contributed by atoms with E-state index in [9.17, 15) is 14.7 Å². The van der Waals surface area contributed by atoms with E-state index in [-0.39, 0.29) is 24.3 Å². The number of aliphatic carboxylic acids is 1. The van der Waals surface area contributed by atoms with Gasteiger partial charge in [0.05, 0.1) is 12.0 Å². The number of carbonyl (C=O) groups is 2. The van der Waals surface area contributed by atoms with E-state index >= 15 is 0 Å². The fraction of sp³-hybridized carbons (Fsp3) is 0.875. The largest absolute Gasteiger partial charge is 0.481 e. The van der Waals surface area contributed by atoms with Gasteiger partial charge in [-0.3, -0.25) is 9.59 Å². The zero-order valence-electron chi connectivity index (χ0n) is 14.3. The number of nitrogens with zero attached hydrogens (tertiary/aromatic N) is 1. The van der Waals surface area contributed by atoms with Crippen molar-refractivity contribution in [2.45, 2.75) is 59.9 Å². The Labute approximate surface area is 128 Å². The van der Waals surface area contributed by atoms with Crippen LogP contribution in [0, 0.1) is 11.3 Å².